The van der Waals surface area contributed by atoms with Gasteiger partial charge in [-0.05, 0) is 61.4 Å². The van der Waals surface area contributed by atoms with Crippen LogP contribution in [-0.4, -0.2) is 55.9 Å². The fourth-order valence-electron chi connectivity index (χ4n) is 4.70. The van der Waals surface area contributed by atoms with E-state index in [2.05, 4.69) is 18.7 Å². The molecule has 174 valence electrons. The maximum absolute atomic E-state index is 13.8. The van der Waals surface area contributed by atoms with Crippen LogP contribution in [0.4, 0.5) is 4.39 Å². The van der Waals surface area contributed by atoms with E-state index in [0.717, 1.165) is 44.3 Å². The van der Waals surface area contributed by atoms with E-state index in [4.69, 9.17) is 4.74 Å². The summed E-state index contributed by atoms with van der Waals surface area (Å²) in [4.78, 5) is 2.83. The van der Waals surface area contributed by atoms with Crippen molar-refractivity contribution in [2.45, 2.75) is 62.5 Å². The Balaban J connectivity index is 1.28. The molecule has 0 amide bonds. The van der Waals surface area contributed by atoms with Crippen molar-refractivity contribution in [2.75, 3.05) is 26.2 Å². The van der Waals surface area contributed by atoms with Gasteiger partial charge in [0.05, 0.1) is 4.90 Å². The molecule has 5 nitrogen and oxygen atoms in total. The van der Waals surface area contributed by atoms with Crippen LogP contribution in [-0.2, 0) is 10.0 Å². The molecule has 2 heterocycles. The van der Waals surface area contributed by atoms with Gasteiger partial charge in [-0.2, -0.15) is 4.31 Å². The van der Waals surface area contributed by atoms with Gasteiger partial charge < -0.3 is 9.64 Å². The van der Waals surface area contributed by atoms with Gasteiger partial charge in [0.2, 0.25) is 10.0 Å². The number of nitrogens with zero attached hydrogens (tertiary/aromatic N) is 2. The van der Waals surface area contributed by atoms with E-state index >= 15 is 0 Å². The zero-order valence-corrected chi connectivity index (χ0v) is 19.7. The Hall–Kier alpha value is -1.96. The van der Waals surface area contributed by atoms with Crippen LogP contribution in [0.1, 0.15) is 51.0 Å². The number of ether oxygens (including phenoxy) is 1. The molecule has 0 saturated carbocycles. The highest BCUT2D eigenvalue weighted by Crippen LogP contribution is 2.28. The van der Waals surface area contributed by atoms with E-state index in [1.165, 1.54) is 6.07 Å². The third kappa shape index (κ3) is 5.16. The van der Waals surface area contributed by atoms with Crippen molar-refractivity contribution in [1.82, 2.24) is 9.21 Å². The predicted molar refractivity (Wildman–Crippen MR) is 124 cm³/mol. The second kappa shape index (κ2) is 9.89. The summed E-state index contributed by atoms with van der Waals surface area (Å²) in [6.45, 7) is 7.09. The number of benzene rings is 2. The van der Waals surface area contributed by atoms with Gasteiger partial charge in [0, 0.05) is 32.2 Å². The smallest absolute Gasteiger partial charge is 0.243 e. The molecule has 2 saturated heterocycles. The number of likely N-dealkylation sites (tertiary alicyclic amines) is 1. The van der Waals surface area contributed by atoms with Crippen LogP contribution in [0.2, 0.25) is 0 Å². The maximum atomic E-state index is 13.8. The Morgan fingerprint density at radius 1 is 0.906 bits per heavy atom. The van der Waals surface area contributed by atoms with Crippen LogP contribution in [0, 0.1) is 5.82 Å². The Morgan fingerprint density at radius 2 is 1.53 bits per heavy atom. The standard InChI is InChI=1S/C25H33FN2O3S/c1-19(2)20-7-9-23(10-8-20)32(29,30)28-17-11-21(12-18-28)27-15-13-22(14-16-27)31-25-6-4-3-5-24(25)26/h3-10,19,21-22H,11-18H2,1-2H3. The largest absolute Gasteiger partial charge is 0.487 e. The van der Waals surface area contributed by atoms with Crippen molar-refractivity contribution in [3.63, 3.8) is 0 Å². The number of sulfonamides is 1. The first kappa shape index (κ1) is 23.2. The first-order chi connectivity index (χ1) is 15.3. The third-order valence-electron chi connectivity index (χ3n) is 6.73. The molecule has 2 fully saturated rings. The average Bonchev–Trinajstić information content (AvgIpc) is 2.81. The highest BCUT2D eigenvalue weighted by molar-refractivity contribution is 7.89. The minimum atomic E-state index is -3.45. The van der Waals surface area contributed by atoms with Gasteiger partial charge in [-0.15, -0.1) is 0 Å². The monoisotopic (exact) mass is 460 g/mol. The lowest BCUT2D eigenvalue weighted by molar-refractivity contribution is 0.0568. The van der Waals surface area contributed by atoms with E-state index < -0.39 is 10.0 Å². The Kier molecular flexibility index (Phi) is 7.17. The summed E-state index contributed by atoms with van der Waals surface area (Å²) in [6.07, 6.45) is 3.41. The minimum absolute atomic E-state index is 0.0254. The Morgan fingerprint density at radius 3 is 2.12 bits per heavy atom. The van der Waals surface area contributed by atoms with E-state index in [1.807, 2.05) is 12.1 Å². The number of halogens is 1. The Bertz CT molecular complexity index is 994. The number of para-hydroxylation sites is 1. The normalized spacial score (nSPS) is 20.0. The number of rotatable bonds is 6. The average molecular weight is 461 g/mol. The number of hydrogen-bond donors (Lipinski definition) is 0. The molecular weight excluding hydrogens is 427 g/mol. The first-order valence-corrected chi connectivity index (χ1v) is 13.0. The summed E-state index contributed by atoms with van der Waals surface area (Å²) in [5.41, 5.74) is 1.14. The highest BCUT2D eigenvalue weighted by atomic mass is 32.2. The van der Waals surface area contributed by atoms with E-state index in [9.17, 15) is 12.8 Å². The zero-order chi connectivity index (χ0) is 22.7. The van der Waals surface area contributed by atoms with Gasteiger partial charge in [-0.25, -0.2) is 12.8 Å². The van der Waals surface area contributed by atoms with Crippen LogP contribution in [0.15, 0.2) is 53.4 Å². The summed E-state index contributed by atoms with van der Waals surface area (Å²) >= 11 is 0. The van der Waals surface area contributed by atoms with E-state index in [0.29, 0.717) is 35.7 Å². The molecule has 2 aliphatic heterocycles. The summed E-state index contributed by atoms with van der Waals surface area (Å²) in [7, 11) is -3.45. The molecular formula is C25H33FN2O3S. The second-order valence-corrected chi connectivity index (χ2v) is 11.1. The zero-order valence-electron chi connectivity index (χ0n) is 18.9. The molecule has 0 radical (unpaired) electrons. The number of hydrogen-bond acceptors (Lipinski definition) is 4. The molecule has 4 rings (SSSR count). The Labute approximate surface area is 191 Å². The molecule has 0 unspecified atom stereocenters. The third-order valence-corrected chi connectivity index (χ3v) is 8.64. The molecule has 32 heavy (non-hydrogen) atoms. The number of piperidine rings is 2. The molecule has 0 N–H and O–H groups in total. The molecule has 0 aliphatic carbocycles. The van der Waals surface area contributed by atoms with Crippen molar-refractivity contribution in [3.05, 3.63) is 59.9 Å². The van der Waals surface area contributed by atoms with Gasteiger partial charge in [0.15, 0.2) is 11.6 Å². The lowest BCUT2D eigenvalue weighted by atomic mass is 10.00. The lowest BCUT2D eigenvalue weighted by Crippen LogP contribution is -2.50. The van der Waals surface area contributed by atoms with Crippen molar-refractivity contribution >= 4 is 10.0 Å². The van der Waals surface area contributed by atoms with Gasteiger partial charge in [-0.1, -0.05) is 38.1 Å². The molecule has 0 atom stereocenters. The molecule has 0 aromatic heterocycles. The summed E-state index contributed by atoms with van der Waals surface area (Å²) in [5, 5.41) is 0. The predicted octanol–water partition coefficient (Wildman–Crippen LogP) is 4.65. The van der Waals surface area contributed by atoms with Crippen molar-refractivity contribution < 1.29 is 17.5 Å². The highest BCUT2D eigenvalue weighted by Gasteiger charge is 2.33. The van der Waals surface area contributed by atoms with Crippen LogP contribution >= 0.6 is 0 Å². The molecule has 0 bridgehead atoms. The molecule has 0 spiro atoms. The van der Waals surface area contributed by atoms with E-state index in [-0.39, 0.29) is 11.9 Å². The summed E-state index contributed by atoms with van der Waals surface area (Å²) in [6, 6.07) is 14.2. The fraction of sp³-hybridized carbons (Fsp3) is 0.520. The molecule has 2 aromatic rings. The second-order valence-electron chi connectivity index (χ2n) is 9.14. The molecule has 7 heteroatoms. The first-order valence-electron chi connectivity index (χ1n) is 11.6. The fourth-order valence-corrected chi connectivity index (χ4v) is 6.17. The quantitative estimate of drug-likeness (QED) is 0.630. The van der Waals surface area contributed by atoms with Crippen molar-refractivity contribution in [3.8, 4) is 5.75 Å². The molecule has 2 aliphatic rings. The van der Waals surface area contributed by atoms with Crippen LogP contribution in [0.3, 0.4) is 0 Å². The van der Waals surface area contributed by atoms with E-state index in [1.54, 1.807) is 34.6 Å². The molecule has 2 aromatic carbocycles. The van der Waals surface area contributed by atoms with Crippen LogP contribution < -0.4 is 4.74 Å². The van der Waals surface area contributed by atoms with Crippen molar-refractivity contribution in [2.24, 2.45) is 0 Å². The van der Waals surface area contributed by atoms with Gasteiger partial charge in [0.25, 0.3) is 0 Å². The van der Waals surface area contributed by atoms with Gasteiger partial charge in [0.1, 0.15) is 6.10 Å². The van der Waals surface area contributed by atoms with Crippen LogP contribution in [0.25, 0.3) is 0 Å². The lowest BCUT2D eigenvalue weighted by Gasteiger charge is -2.41. The summed E-state index contributed by atoms with van der Waals surface area (Å²) < 4.78 is 47.4. The van der Waals surface area contributed by atoms with Crippen LogP contribution in [0.5, 0.6) is 5.75 Å². The van der Waals surface area contributed by atoms with Gasteiger partial charge in [-0.3, -0.25) is 0 Å². The van der Waals surface area contributed by atoms with Crippen molar-refractivity contribution in [1.29, 1.82) is 0 Å². The maximum Gasteiger partial charge on any atom is 0.243 e. The topological polar surface area (TPSA) is 49.9 Å². The minimum Gasteiger partial charge on any atom is -0.487 e. The SMILES string of the molecule is CC(C)c1ccc(S(=O)(=O)N2CCC(N3CCC(Oc4ccccc4F)CC3)CC2)cc1. The van der Waals surface area contributed by atoms with Gasteiger partial charge >= 0.3 is 0 Å². The summed E-state index contributed by atoms with van der Waals surface area (Å²) in [5.74, 6) is 0.386.